The standard InChI is InChI=1S/C29H35N3O5/c1-28(2,3)36-26(34)31-23(25(33)30-17-16-20-12-8-7-9-13-20)18-21-19-32(27(35)37-29(4,5)6)24-15-11-10-14-22(21)24/h7-17,19,23H,18H2,1-6H3,(H,30,33)(H,31,34)/b17-16+/t23-/m0/s1. The van der Waals surface area contributed by atoms with E-state index in [9.17, 15) is 14.4 Å². The summed E-state index contributed by atoms with van der Waals surface area (Å²) in [5.74, 6) is -0.424. The van der Waals surface area contributed by atoms with Gasteiger partial charge in [-0.25, -0.2) is 9.59 Å². The van der Waals surface area contributed by atoms with Crippen molar-refractivity contribution in [2.24, 2.45) is 0 Å². The summed E-state index contributed by atoms with van der Waals surface area (Å²) in [6.45, 7) is 10.6. The largest absolute Gasteiger partial charge is 0.444 e. The lowest BCUT2D eigenvalue weighted by molar-refractivity contribution is -0.122. The third-order valence-electron chi connectivity index (χ3n) is 5.12. The van der Waals surface area contributed by atoms with E-state index in [1.54, 1.807) is 53.8 Å². The first kappa shape index (κ1) is 27.5. The average Bonchev–Trinajstić information content (AvgIpc) is 3.16. The molecule has 196 valence electrons. The Labute approximate surface area is 217 Å². The number of hydrogen-bond acceptors (Lipinski definition) is 5. The van der Waals surface area contributed by atoms with Crippen molar-refractivity contribution in [3.05, 3.63) is 78.1 Å². The second kappa shape index (κ2) is 11.3. The predicted molar refractivity (Wildman–Crippen MR) is 144 cm³/mol. The van der Waals surface area contributed by atoms with Gasteiger partial charge in [0.25, 0.3) is 0 Å². The number of nitrogens with zero attached hydrogens (tertiary/aromatic N) is 1. The molecular weight excluding hydrogens is 470 g/mol. The van der Waals surface area contributed by atoms with E-state index in [1.807, 2.05) is 54.6 Å². The summed E-state index contributed by atoms with van der Waals surface area (Å²) in [6, 6.07) is 15.9. The van der Waals surface area contributed by atoms with Gasteiger partial charge < -0.3 is 20.1 Å². The van der Waals surface area contributed by atoms with Crippen LogP contribution in [0, 0.1) is 0 Å². The van der Waals surface area contributed by atoms with Crippen LogP contribution in [-0.4, -0.2) is 39.9 Å². The summed E-state index contributed by atoms with van der Waals surface area (Å²) in [4.78, 5) is 38.6. The van der Waals surface area contributed by atoms with E-state index >= 15 is 0 Å². The van der Waals surface area contributed by atoms with Gasteiger partial charge in [0.15, 0.2) is 0 Å². The summed E-state index contributed by atoms with van der Waals surface area (Å²) in [7, 11) is 0. The molecule has 1 heterocycles. The fourth-order valence-electron chi connectivity index (χ4n) is 3.64. The second-order valence-corrected chi connectivity index (χ2v) is 10.7. The number of benzene rings is 2. The van der Waals surface area contributed by atoms with E-state index in [-0.39, 0.29) is 6.42 Å². The number of hydrogen-bond donors (Lipinski definition) is 2. The van der Waals surface area contributed by atoms with Crippen molar-refractivity contribution in [1.82, 2.24) is 15.2 Å². The number of nitrogens with one attached hydrogen (secondary N) is 2. The maximum absolute atomic E-state index is 13.2. The molecule has 3 aromatic rings. The lowest BCUT2D eigenvalue weighted by Crippen LogP contribution is -2.48. The highest BCUT2D eigenvalue weighted by atomic mass is 16.6. The molecule has 0 aliphatic heterocycles. The SMILES string of the molecule is CC(C)(C)OC(=O)N[C@@H](Cc1cn(C(=O)OC(C)(C)C)c2ccccc12)C(=O)N/C=C/c1ccccc1. The number of rotatable bonds is 6. The molecule has 2 aromatic carbocycles. The molecule has 1 atom stereocenters. The molecule has 0 aliphatic rings. The smallest absolute Gasteiger partial charge is 0.419 e. The highest BCUT2D eigenvalue weighted by Gasteiger charge is 2.27. The van der Waals surface area contributed by atoms with Crippen molar-refractivity contribution in [2.45, 2.75) is 65.2 Å². The molecule has 1 aromatic heterocycles. The lowest BCUT2D eigenvalue weighted by atomic mass is 10.0. The quantitative estimate of drug-likeness (QED) is 0.451. The third-order valence-corrected chi connectivity index (χ3v) is 5.12. The van der Waals surface area contributed by atoms with E-state index < -0.39 is 35.3 Å². The minimum atomic E-state index is -0.965. The molecule has 0 unspecified atom stereocenters. The van der Waals surface area contributed by atoms with Gasteiger partial charge in [0.05, 0.1) is 5.52 Å². The normalized spacial score (nSPS) is 12.8. The van der Waals surface area contributed by atoms with E-state index in [2.05, 4.69) is 10.6 Å². The van der Waals surface area contributed by atoms with Crippen LogP contribution >= 0.6 is 0 Å². The van der Waals surface area contributed by atoms with Gasteiger partial charge in [-0.2, -0.15) is 0 Å². The molecule has 0 spiro atoms. The summed E-state index contributed by atoms with van der Waals surface area (Å²) in [6.07, 6.45) is 3.83. The van der Waals surface area contributed by atoms with Gasteiger partial charge in [-0.05, 0) is 64.8 Å². The van der Waals surface area contributed by atoms with Crippen LogP contribution in [0.3, 0.4) is 0 Å². The summed E-state index contributed by atoms with van der Waals surface area (Å²) in [5.41, 5.74) is 0.858. The van der Waals surface area contributed by atoms with Gasteiger partial charge in [-0.3, -0.25) is 9.36 Å². The van der Waals surface area contributed by atoms with E-state index in [0.29, 0.717) is 11.1 Å². The number of amides is 2. The van der Waals surface area contributed by atoms with Gasteiger partial charge in [0.1, 0.15) is 17.2 Å². The van der Waals surface area contributed by atoms with E-state index in [0.717, 1.165) is 10.9 Å². The number of aromatic nitrogens is 1. The van der Waals surface area contributed by atoms with Crippen molar-refractivity contribution >= 4 is 35.1 Å². The molecule has 0 saturated heterocycles. The van der Waals surface area contributed by atoms with Crippen LogP contribution in [0.2, 0.25) is 0 Å². The molecule has 37 heavy (non-hydrogen) atoms. The molecule has 0 radical (unpaired) electrons. The first-order chi connectivity index (χ1) is 17.3. The van der Waals surface area contributed by atoms with Gasteiger partial charge in [0.2, 0.25) is 5.91 Å². The molecule has 0 bridgehead atoms. The Balaban J connectivity index is 1.89. The number of ether oxygens (including phenoxy) is 2. The number of carbonyl (C=O) groups is 3. The van der Waals surface area contributed by atoms with Gasteiger partial charge in [-0.1, -0.05) is 48.5 Å². The predicted octanol–water partition coefficient (Wildman–Crippen LogP) is 5.65. The molecule has 2 N–H and O–H groups in total. The molecule has 0 fully saturated rings. The number of carbonyl (C=O) groups excluding carboxylic acids is 3. The number of para-hydroxylation sites is 1. The minimum absolute atomic E-state index is 0.126. The molecular formula is C29H35N3O5. The van der Waals surface area contributed by atoms with Crippen LogP contribution in [0.4, 0.5) is 9.59 Å². The molecule has 0 aliphatic carbocycles. The average molecular weight is 506 g/mol. The Morgan fingerprint density at radius 1 is 0.892 bits per heavy atom. The van der Waals surface area contributed by atoms with Crippen molar-refractivity contribution in [3.8, 4) is 0 Å². The number of fused-ring (bicyclic) bond motifs is 1. The Kier molecular flexibility index (Phi) is 8.42. The van der Waals surface area contributed by atoms with Gasteiger partial charge in [0, 0.05) is 24.2 Å². The maximum atomic E-state index is 13.2. The van der Waals surface area contributed by atoms with Crippen molar-refractivity contribution in [2.75, 3.05) is 0 Å². The monoisotopic (exact) mass is 505 g/mol. The zero-order chi connectivity index (χ0) is 27.2. The first-order valence-electron chi connectivity index (χ1n) is 12.2. The van der Waals surface area contributed by atoms with E-state index in [4.69, 9.17) is 9.47 Å². The lowest BCUT2D eigenvalue weighted by Gasteiger charge is -2.23. The van der Waals surface area contributed by atoms with Crippen LogP contribution in [0.1, 0.15) is 52.7 Å². The zero-order valence-electron chi connectivity index (χ0n) is 22.2. The maximum Gasteiger partial charge on any atom is 0.419 e. The minimum Gasteiger partial charge on any atom is -0.444 e. The summed E-state index contributed by atoms with van der Waals surface area (Å²) in [5, 5.41) is 6.19. The summed E-state index contributed by atoms with van der Waals surface area (Å²) >= 11 is 0. The van der Waals surface area contributed by atoms with Crippen LogP contribution < -0.4 is 10.6 Å². The highest BCUT2D eigenvalue weighted by Crippen LogP contribution is 2.24. The van der Waals surface area contributed by atoms with Crippen LogP contribution in [0.5, 0.6) is 0 Å². The Hall–Kier alpha value is -4.07. The molecule has 3 rings (SSSR count). The van der Waals surface area contributed by atoms with Gasteiger partial charge in [-0.15, -0.1) is 0 Å². The topological polar surface area (TPSA) is 98.7 Å². The Morgan fingerprint density at radius 3 is 2.16 bits per heavy atom. The summed E-state index contributed by atoms with van der Waals surface area (Å²) < 4.78 is 12.4. The Bertz CT molecular complexity index is 1280. The molecule has 2 amide bonds. The first-order valence-corrected chi connectivity index (χ1v) is 12.2. The van der Waals surface area contributed by atoms with Crippen molar-refractivity contribution in [3.63, 3.8) is 0 Å². The zero-order valence-corrected chi connectivity index (χ0v) is 22.2. The van der Waals surface area contributed by atoms with Crippen LogP contribution in [-0.2, 0) is 20.7 Å². The van der Waals surface area contributed by atoms with Crippen molar-refractivity contribution in [1.29, 1.82) is 0 Å². The molecule has 8 heteroatoms. The fraction of sp³-hybridized carbons (Fsp3) is 0.345. The molecule has 0 saturated carbocycles. The van der Waals surface area contributed by atoms with Gasteiger partial charge >= 0.3 is 12.2 Å². The fourth-order valence-corrected chi connectivity index (χ4v) is 3.64. The molecule has 8 nitrogen and oxygen atoms in total. The van der Waals surface area contributed by atoms with E-state index in [1.165, 1.54) is 10.8 Å². The Morgan fingerprint density at radius 2 is 1.51 bits per heavy atom. The second-order valence-electron chi connectivity index (χ2n) is 10.7. The van der Waals surface area contributed by atoms with Crippen LogP contribution in [0.25, 0.3) is 17.0 Å². The third kappa shape index (κ3) is 8.24. The highest BCUT2D eigenvalue weighted by molar-refractivity contribution is 5.93. The number of alkyl carbamates (subject to hydrolysis) is 1. The van der Waals surface area contributed by atoms with Crippen LogP contribution in [0.15, 0.2) is 67.0 Å². The van der Waals surface area contributed by atoms with Crippen molar-refractivity contribution < 1.29 is 23.9 Å².